The summed E-state index contributed by atoms with van der Waals surface area (Å²) in [5, 5.41) is 0. The number of nitrogens with zero attached hydrogens (tertiary/aromatic N) is 1. The second-order valence-corrected chi connectivity index (χ2v) is 5.10. The Morgan fingerprint density at radius 2 is 1.94 bits per heavy atom. The van der Waals surface area contributed by atoms with Crippen LogP contribution < -0.4 is 4.74 Å². The molecule has 0 aliphatic heterocycles. The maximum Gasteiger partial charge on any atom is 0.123 e. The van der Waals surface area contributed by atoms with Gasteiger partial charge in [-0.15, -0.1) is 11.6 Å². The van der Waals surface area contributed by atoms with Crippen LogP contribution in [0.1, 0.15) is 36.9 Å². The molecule has 17 heavy (non-hydrogen) atoms. The second-order valence-electron chi connectivity index (χ2n) is 4.79. The zero-order chi connectivity index (χ0) is 13.0. The van der Waals surface area contributed by atoms with E-state index in [1.54, 1.807) is 7.11 Å². The summed E-state index contributed by atoms with van der Waals surface area (Å²) < 4.78 is 5.43. The Labute approximate surface area is 110 Å². The number of benzene rings is 1. The third-order valence-corrected chi connectivity index (χ3v) is 3.34. The average Bonchev–Trinajstić information content (AvgIpc) is 2.29. The maximum atomic E-state index is 6.06. The van der Waals surface area contributed by atoms with Crippen LogP contribution in [0.2, 0.25) is 0 Å². The first kappa shape index (κ1) is 14.3. The molecule has 3 heteroatoms. The van der Waals surface area contributed by atoms with Crippen molar-refractivity contribution in [2.24, 2.45) is 0 Å². The Bertz CT molecular complexity index is 363. The summed E-state index contributed by atoms with van der Waals surface area (Å²) in [7, 11) is 5.78. The van der Waals surface area contributed by atoms with Crippen molar-refractivity contribution in [2.45, 2.75) is 25.8 Å². The predicted octanol–water partition coefficient (Wildman–Crippen LogP) is 3.66. The number of alkyl halides is 1. The van der Waals surface area contributed by atoms with Crippen LogP contribution in [0.25, 0.3) is 0 Å². The molecule has 96 valence electrons. The summed E-state index contributed by atoms with van der Waals surface area (Å²) in [6.45, 7) is 4.38. The Hall–Kier alpha value is -0.730. The number of ether oxygens (including phenoxy) is 1. The second kappa shape index (κ2) is 6.27. The van der Waals surface area contributed by atoms with Gasteiger partial charge in [-0.2, -0.15) is 0 Å². The lowest BCUT2D eigenvalue weighted by atomic mass is 9.97. The number of hydrogen-bond donors (Lipinski definition) is 0. The molecule has 0 radical (unpaired) electrons. The number of rotatable bonds is 5. The largest absolute Gasteiger partial charge is 0.496 e. The van der Waals surface area contributed by atoms with Crippen molar-refractivity contribution in [1.82, 2.24) is 4.90 Å². The van der Waals surface area contributed by atoms with Crippen LogP contribution >= 0.6 is 11.6 Å². The van der Waals surface area contributed by atoms with Crippen molar-refractivity contribution >= 4 is 11.6 Å². The SMILES string of the molecule is COc1ccc(C(C)C)cc1C(CCl)N(C)C. The van der Waals surface area contributed by atoms with Crippen LogP contribution in [0, 0.1) is 0 Å². The van der Waals surface area contributed by atoms with Gasteiger partial charge in [0.25, 0.3) is 0 Å². The van der Waals surface area contributed by atoms with Crippen molar-refractivity contribution in [1.29, 1.82) is 0 Å². The van der Waals surface area contributed by atoms with Crippen molar-refractivity contribution in [2.75, 3.05) is 27.1 Å². The van der Waals surface area contributed by atoms with E-state index < -0.39 is 0 Å². The lowest BCUT2D eigenvalue weighted by molar-refractivity contribution is 0.311. The standard InChI is InChI=1S/C14H22ClNO/c1-10(2)11-6-7-14(17-5)12(8-11)13(9-15)16(3)4/h6-8,10,13H,9H2,1-5H3. The molecule has 0 fully saturated rings. The van der Waals surface area contributed by atoms with E-state index >= 15 is 0 Å². The third-order valence-electron chi connectivity index (χ3n) is 3.05. The van der Waals surface area contributed by atoms with Gasteiger partial charge in [0.2, 0.25) is 0 Å². The van der Waals surface area contributed by atoms with E-state index in [1.807, 2.05) is 20.2 Å². The number of methoxy groups -OCH3 is 1. The van der Waals surface area contributed by atoms with Gasteiger partial charge in [0, 0.05) is 11.4 Å². The summed E-state index contributed by atoms with van der Waals surface area (Å²) in [6, 6.07) is 6.54. The van der Waals surface area contributed by atoms with Crippen molar-refractivity contribution in [3.63, 3.8) is 0 Å². The first-order chi connectivity index (χ1) is 8.01. The number of hydrogen-bond acceptors (Lipinski definition) is 2. The van der Waals surface area contributed by atoms with Crippen LogP contribution in [-0.4, -0.2) is 32.0 Å². The minimum atomic E-state index is 0.185. The molecule has 0 aliphatic rings. The molecule has 1 unspecified atom stereocenters. The highest BCUT2D eigenvalue weighted by molar-refractivity contribution is 6.18. The van der Waals surface area contributed by atoms with Gasteiger partial charge in [-0.25, -0.2) is 0 Å². The summed E-state index contributed by atoms with van der Waals surface area (Å²) >= 11 is 6.06. The molecule has 0 saturated carbocycles. The van der Waals surface area contributed by atoms with E-state index in [9.17, 15) is 0 Å². The van der Waals surface area contributed by atoms with Crippen LogP contribution in [0.15, 0.2) is 18.2 Å². The molecule has 0 saturated heterocycles. The summed E-state index contributed by atoms with van der Waals surface area (Å²) in [5.74, 6) is 1.98. The molecule has 2 nitrogen and oxygen atoms in total. The summed E-state index contributed by atoms with van der Waals surface area (Å²) in [5.41, 5.74) is 2.48. The van der Waals surface area contributed by atoms with Gasteiger partial charge in [0.1, 0.15) is 5.75 Å². The van der Waals surface area contributed by atoms with E-state index in [0.717, 1.165) is 5.75 Å². The van der Waals surface area contributed by atoms with Gasteiger partial charge in [0.05, 0.1) is 13.2 Å². The molecule has 1 atom stereocenters. The lowest BCUT2D eigenvalue weighted by Gasteiger charge is -2.25. The highest BCUT2D eigenvalue weighted by atomic mass is 35.5. The van der Waals surface area contributed by atoms with E-state index in [2.05, 4.69) is 30.9 Å². The zero-order valence-corrected chi connectivity index (χ0v) is 12.1. The molecule has 1 aromatic carbocycles. The lowest BCUT2D eigenvalue weighted by Crippen LogP contribution is -2.22. The molecule has 0 aliphatic carbocycles. The average molecular weight is 256 g/mol. The van der Waals surface area contributed by atoms with Gasteiger partial charge in [-0.3, -0.25) is 0 Å². The maximum absolute atomic E-state index is 6.06. The Morgan fingerprint density at radius 1 is 1.29 bits per heavy atom. The van der Waals surface area contributed by atoms with Crippen LogP contribution in [0.5, 0.6) is 5.75 Å². The van der Waals surface area contributed by atoms with E-state index in [1.165, 1.54) is 11.1 Å². The molecule has 0 N–H and O–H groups in total. The van der Waals surface area contributed by atoms with E-state index in [0.29, 0.717) is 11.8 Å². The van der Waals surface area contributed by atoms with Gasteiger partial charge in [0.15, 0.2) is 0 Å². The van der Waals surface area contributed by atoms with Gasteiger partial charge in [-0.05, 0) is 31.6 Å². The minimum absolute atomic E-state index is 0.185. The van der Waals surface area contributed by atoms with Crippen molar-refractivity contribution in [3.8, 4) is 5.75 Å². The molecular weight excluding hydrogens is 234 g/mol. The molecule has 0 spiro atoms. The molecule has 1 rings (SSSR count). The zero-order valence-electron chi connectivity index (χ0n) is 11.3. The first-order valence-corrected chi connectivity index (χ1v) is 6.45. The monoisotopic (exact) mass is 255 g/mol. The molecule has 0 amide bonds. The van der Waals surface area contributed by atoms with Gasteiger partial charge in [-0.1, -0.05) is 26.0 Å². The summed E-state index contributed by atoms with van der Waals surface area (Å²) in [6.07, 6.45) is 0. The van der Waals surface area contributed by atoms with Gasteiger partial charge < -0.3 is 9.64 Å². The Kier molecular flexibility index (Phi) is 5.29. The fourth-order valence-corrected chi connectivity index (χ4v) is 2.31. The van der Waals surface area contributed by atoms with Crippen LogP contribution in [0.3, 0.4) is 0 Å². The predicted molar refractivity (Wildman–Crippen MR) is 74.2 cm³/mol. The third kappa shape index (κ3) is 3.36. The van der Waals surface area contributed by atoms with E-state index in [4.69, 9.17) is 16.3 Å². The fourth-order valence-electron chi connectivity index (χ4n) is 1.87. The highest BCUT2D eigenvalue weighted by Crippen LogP contribution is 2.31. The quantitative estimate of drug-likeness (QED) is 0.745. The molecule has 0 bridgehead atoms. The molecule has 0 heterocycles. The van der Waals surface area contributed by atoms with Crippen molar-refractivity contribution < 1.29 is 4.74 Å². The molecule has 1 aromatic rings. The van der Waals surface area contributed by atoms with Crippen molar-refractivity contribution in [3.05, 3.63) is 29.3 Å². The number of halogens is 1. The molecule has 0 aromatic heterocycles. The Balaban J connectivity index is 3.21. The molecular formula is C14H22ClNO. The van der Waals surface area contributed by atoms with Gasteiger partial charge >= 0.3 is 0 Å². The Morgan fingerprint density at radius 3 is 2.35 bits per heavy atom. The topological polar surface area (TPSA) is 12.5 Å². The summed E-state index contributed by atoms with van der Waals surface area (Å²) in [4.78, 5) is 2.12. The smallest absolute Gasteiger partial charge is 0.123 e. The highest BCUT2D eigenvalue weighted by Gasteiger charge is 2.18. The minimum Gasteiger partial charge on any atom is -0.496 e. The normalized spacial score (nSPS) is 13.2. The fraction of sp³-hybridized carbons (Fsp3) is 0.571. The van der Waals surface area contributed by atoms with Crippen LogP contribution in [0.4, 0.5) is 0 Å². The first-order valence-electron chi connectivity index (χ1n) is 5.91. The van der Waals surface area contributed by atoms with E-state index in [-0.39, 0.29) is 6.04 Å². The van der Waals surface area contributed by atoms with Crippen LogP contribution in [-0.2, 0) is 0 Å².